The lowest BCUT2D eigenvalue weighted by Crippen LogP contribution is -2.13. The highest BCUT2D eigenvalue weighted by molar-refractivity contribution is 7.13. The van der Waals surface area contributed by atoms with Crippen LogP contribution in [0, 0.1) is 0 Å². The van der Waals surface area contributed by atoms with Crippen LogP contribution in [-0.4, -0.2) is 21.2 Å². The molecule has 7 heteroatoms. The van der Waals surface area contributed by atoms with Crippen molar-refractivity contribution in [2.45, 2.75) is 32.3 Å². The molecule has 0 saturated heterocycles. The number of hydrogen-bond acceptors (Lipinski definition) is 7. The second kappa shape index (κ2) is 6.83. The van der Waals surface area contributed by atoms with E-state index in [1.54, 1.807) is 6.92 Å². The Labute approximate surface area is 165 Å². The zero-order valence-electron chi connectivity index (χ0n) is 15.2. The number of carbonyl (C=O) groups is 1. The summed E-state index contributed by atoms with van der Waals surface area (Å²) in [5.74, 6) is 0.343. The summed E-state index contributed by atoms with van der Waals surface area (Å²) in [6.45, 7) is 1.74. The van der Waals surface area contributed by atoms with Crippen molar-refractivity contribution in [3.05, 3.63) is 64.5 Å². The normalized spacial score (nSPS) is 14.2. The first kappa shape index (κ1) is 17.1. The van der Waals surface area contributed by atoms with Gasteiger partial charge in [-0.3, -0.25) is 4.98 Å². The lowest BCUT2D eigenvalue weighted by molar-refractivity contribution is 0.0281. The summed E-state index contributed by atoms with van der Waals surface area (Å²) >= 11 is 1.52. The van der Waals surface area contributed by atoms with Crippen LogP contribution in [0.2, 0.25) is 0 Å². The second-order valence-electron chi connectivity index (χ2n) is 6.75. The number of aromatic nitrogens is 3. The molecule has 0 fully saturated rings. The van der Waals surface area contributed by atoms with Gasteiger partial charge in [0.2, 0.25) is 0 Å². The molecule has 3 heterocycles. The summed E-state index contributed by atoms with van der Waals surface area (Å²) in [6, 6.07) is 11.5. The van der Waals surface area contributed by atoms with Gasteiger partial charge in [-0.2, -0.15) is 0 Å². The number of benzene rings is 1. The van der Waals surface area contributed by atoms with Crippen molar-refractivity contribution in [2.24, 2.45) is 0 Å². The molecule has 4 aromatic rings. The highest BCUT2D eigenvalue weighted by Gasteiger charge is 2.27. The van der Waals surface area contributed by atoms with Gasteiger partial charge in [0.1, 0.15) is 0 Å². The van der Waals surface area contributed by atoms with Crippen LogP contribution >= 0.6 is 11.3 Å². The molecule has 1 aliphatic carbocycles. The molecule has 28 heavy (non-hydrogen) atoms. The van der Waals surface area contributed by atoms with Gasteiger partial charge in [-0.15, -0.1) is 21.5 Å². The predicted molar refractivity (Wildman–Crippen MR) is 105 cm³/mol. The Bertz CT molecular complexity index is 1170. The van der Waals surface area contributed by atoms with Gasteiger partial charge in [-0.1, -0.05) is 24.3 Å². The Kier molecular flexibility index (Phi) is 4.16. The number of ether oxygens (including phenoxy) is 1. The van der Waals surface area contributed by atoms with Crippen LogP contribution in [-0.2, 0) is 17.6 Å². The summed E-state index contributed by atoms with van der Waals surface area (Å²) in [6.07, 6.45) is 2.10. The average Bonchev–Trinajstić information content (AvgIpc) is 3.46. The Morgan fingerprint density at radius 3 is 2.93 bits per heavy atom. The van der Waals surface area contributed by atoms with E-state index in [0.29, 0.717) is 11.5 Å². The molecule has 1 aliphatic rings. The van der Waals surface area contributed by atoms with Crippen molar-refractivity contribution in [2.75, 3.05) is 0 Å². The van der Waals surface area contributed by atoms with Crippen molar-refractivity contribution in [1.82, 2.24) is 15.2 Å². The molecule has 0 radical (unpaired) electrons. The number of rotatable bonds is 4. The number of esters is 1. The van der Waals surface area contributed by atoms with E-state index in [4.69, 9.17) is 14.1 Å². The number of carbonyl (C=O) groups excluding carboxylic acids is 1. The molecule has 6 nitrogen and oxygen atoms in total. The fourth-order valence-corrected chi connectivity index (χ4v) is 4.26. The monoisotopic (exact) mass is 391 g/mol. The first-order valence-electron chi connectivity index (χ1n) is 9.19. The molecule has 0 bridgehead atoms. The fourth-order valence-electron chi connectivity index (χ4n) is 3.61. The Hall–Kier alpha value is -3.06. The molecule has 140 valence electrons. The number of thiophene rings is 1. The van der Waals surface area contributed by atoms with Crippen LogP contribution in [0.5, 0.6) is 0 Å². The van der Waals surface area contributed by atoms with E-state index in [2.05, 4.69) is 10.2 Å². The van der Waals surface area contributed by atoms with Crippen molar-refractivity contribution in [3.8, 4) is 10.8 Å². The molecule has 0 N–H and O–H groups in total. The van der Waals surface area contributed by atoms with E-state index in [9.17, 15) is 4.79 Å². The maximum atomic E-state index is 13.1. The smallest absolute Gasteiger partial charge is 0.339 e. The van der Waals surface area contributed by atoms with Crippen LogP contribution in [0.3, 0.4) is 0 Å². The average molecular weight is 391 g/mol. The summed E-state index contributed by atoms with van der Waals surface area (Å²) in [5, 5.41) is 10.9. The Balaban J connectivity index is 1.46. The molecule has 0 aliphatic heterocycles. The number of aryl methyl sites for hydroxylation is 1. The maximum absolute atomic E-state index is 13.1. The van der Waals surface area contributed by atoms with Crippen LogP contribution < -0.4 is 0 Å². The molecule has 0 amide bonds. The van der Waals surface area contributed by atoms with Crippen molar-refractivity contribution >= 4 is 28.2 Å². The molecule has 3 aromatic heterocycles. The topological polar surface area (TPSA) is 78.1 Å². The highest BCUT2D eigenvalue weighted by atomic mass is 32.1. The van der Waals surface area contributed by atoms with Crippen molar-refractivity contribution < 1.29 is 13.9 Å². The third kappa shape index (κ3) is 2.88. The van der Waals surface area contributed by atoms with Gasteiger partial charge in [0.15, 0.2) is 6.10 Å². The minimum Gasteiger partial charge on any atom is -0.449 e. The Morgan fingerprint density at radius 1 is 1.18 bits per heavy atom. The molecule has 5 rings (SSSR count). The maximum Gasteiger partial charge on any atom is 0.339 e. The van der Waals surface area contributed by atoms with Crippen LogP contribution in [0.15, 0.2) is 46.2 Å². The fraction of sp³-hybridized carbons (Fsp3) is 0.238. The van der Waals surface area contributed by atoms with Gasteiger partial charge < -0.3 is 9.15 Å². The van der Waals surface area contributed by atoms with Gasteiger partial charge in [-0.05, 0) is 49.3 Å². The number of para-hydroxylation sites is 1. The van der Waals surface area contributed by atoms with Gasteiger partial charge in [-0.25, -0.2) is 4.79 Å². The minimum absolute atomic E-state index is 0.284. The van der Waals surface area contributed by atoms with Crippen molar-refractivity contribution in [3.63, 3.8) is 0 Å². The molecule has 0 spiro atoms. The zero-order valence-corrected chi connectivity index (χ0v) is 16.0. The van der Waals surface area contributed by atoms with E-state index in [1.807, 2.05) is 41.8 Å². The lowest BCUT2D eigenvalue weighted by atomic mass is 10.0. The highest BCUT2D eigenvalue weighted by Crippen LogP contribution is 2.32. The van der Waals surface area contributed by atoms with Crippen LogP contribution in [0.4, 0.5) is 0 Å². The summed E-state index contributed by atoms with van der Waals surface area (Å²) in [5.41, 5.74) is 3.43. The third-order valence-corrected chi connectivity index (χ3v) is 5.79. The standard InChI is InChI=1S/C21H17N3O3S/c1-12(19-23-24-20(27-19)17-10-5-11-28-17)26-21(25)18-13-6-2-3-8-15(13)22-16-9-4-7-14(16)18/h2-3,5-6,8,10-12H,4,7,9H2,1H3/t12-/m0/s1. The van der Waals surface area contributed by atoms with E-state index < -0.39 is 6.10 Å². The largest absolute Gasteiger partial charge is 0.449 e. The SMILES string of the molecule is C[C@H](OC(=O)c1c2c(nc3ccccc13)CCC2)c1nnc(-c2cccs2)o1. The molecule has 1 atom stereocenters. The van der Waals surface area contributed by atoms with Gasteiger partial charge >= 0.3 is 5.97 Å². The third-order valence-electron chi connectivity index (χ3n) is 4.93. The lowest BCUT2D eigenvalue weighted by Gasteiger charge is -2.14. The number of pyridine rings is 1. The van der Waals surface area contributed by atoms with Gasteiger partial charge in [0.05, 0.1) is 16.0 Å². The molecular weight excluding hydrogens is 374 g/mol. The predicted octanol–water partition coefficient (Wildman–Crippen LogP) is 4.75. The quantitative estimate of drug-likeness (QED) is 0.467. The first-order valence-corrected chi connectivity index (χ1v) is 10.1. The minimum atomic E-state index is -0.641. The second-order valence-corrected chi connectivity index (χ2v) is 7.70. The van der Waals surface area contributed by atoms with E-state index in [0.717, 1.165) is 46.3 Å². The van der Waals surface area contributed by atoms with Crippen LogP contribution in [0.1, 0.15) is 47.0 Å². The van der Waals surface area contributed by atoms with Gasteiger partial charge in [0, 0.05) is 11.1 Å². The van der Waals surface area contributed by atoms with E-state index in [1.165, 1.54) is 11.3 Å². The van der Waals surface area contributed by atoms with Crippen molar-refractivity contribution in [1.29, 1.82) is 0 Å². The summed E-state index contributed by atoms with van der Waals surface area (Å²) < 4.78 is 11.4. The number of nitrogens with zero attached hydrogens (tertiary/aromatic N) is 3. The summed E-state index contributed by atoms with van der Waals surface area (Å²) in [4.78, 5) is 18.7. The summed E-state index contributed by atoms with van der Waals surface area (Å²) in [7, 11) is 0. The molecular formula is C21H17N3O3S. The van der Waals surface area contributed by atoms with Gasteiger partial charge in [0.25, 0.3) is 11.8 Å². The zero-order chi connectivity index (χ0) is 19.1. The van der Waals surface area contributed by atoms with E-state index >= 15 is 0 Å². The Morgan fingerprint density at radius 2 is 2.07 bits per heavy atom. The number of hydrogen-bond donors (Lipinski definition) is 0. The molecule has 0 saturated carbocycles. The molecule has 0 unspecified atom stereocenters. The van der Waals surface area contributed by atoms with E-state index in [-0.39, 0.29) is 11.9 Å². The molecule has 1 aromatic carbocycles. The van der Waals surface area contributed by atoms with Crippen LogP contribution in [0.25, 0.3) is 21.7 Å². The first-order chi connectivity index (χ1) is 13.7. The number of fused-ring (bicyclic) bond motifs is 2.